The fourth-order valence-corrected chi connectivity index (χ4v) is 7.66. The van der Waals surface area contributed by atoms with E-state index in [0.29, 0.717) is 30.9 Å². The van der Waals surface area contributed by atoms with Crippen LogP contribution >= 0.6 is 0 Å². The number of amides is 1. The molecular weight excluding hydrogens is 340 g/mol. The highest BCUT2D eigenvalue weighted by atomic mass is 16.5. The second-order valence-electron chi connectivity index (χ2n) is 9.14. The molecule has 1 aromatic rings. The second kappa shape index (κ2) is 4.76. The van der Waals surface area contributed by atoms with E-state index < -0.39 is 0 Å². The van der Waals surface area contributed by atoms with E-state index in [0.717, 1.165) is 30.9 Å². The molecule has 5 heterocycles. The third-order valence-corrected chi connectivity index (χ3v) is 8.52. The Balaban J connectivity index is 1.53. The van der Waals surface area contributed by atoms with Gasteiger partial charge in [0.2, 0.25) is 5.91 Å². The van der Waals surface area contributed by atoms with Crippen molar-refractivity contribution in [3.63, 3.8) is 0 Å². The number of hydrogen-bond acceptors (Lipinski definition) is 4. The van der Waals surface area contributed by atoms with Crippen molar-refractivity contribution in [2.24, 2.45) is 11.8 Å². The summed E-state index contributed by atoms with van der Waals surface area (Å²) in [6.07, 6.45) is 5.26. The van der Waals surface area contributed by atoms with Crippen LogP contribution in [-0.4, -0.2) is 55.8 Å². The molecule has 0 N–H and O–H groups in total. The van der Waals surface area contributed by atoms with Crippen LogP contribution in [0.25, 0.3) is 0 Å². The third kappa shape index (κ3) is 1.56. The summed E-state index contributed by atoms with van der Waals surface area (Å²) in [5.41, 5.74) is 4.09. The standard InChI is InChI=1S/C22H24N2O3/c1-26-13-2-3-16-15(8-13)22-5-6-23-11-12-4-7-27-17-10-19(25)24(16)21(22)20(17)14(12)9-18(22)23/h2-4,8,14,17-18,20-21H,5-7,9-11H2,1H3/t14-,17-,18-,20-,21-,22-/m0/s1. The summed E-state index contributed by atoms with van der Waals surface area (Å²) in [4.78, 5) is 18.2. The number of carbonyl (C=O) groups excluding carboxylic acids is 1. The molecule has 1 aromatic carbocycles. The van der Waals surface area contributed by atoms with Gasteiger partial charge in [-0.3, -0.25) is 9.69 Å². The first-order valence-electron chi connectivity index (χ1n) is 10.3. The van der Waals surface area contributed by atoms with Crippen LogP contribution in [-0.2, 0) is 14.9 Å². The van der Waals surface area contributed by atoms with Crippen molar-refractivity contribution in [3.8, 4) is 5.75 Å². The van der Waals surface area contributed by atoms with Crippen LogP contribution in [0.15, 0.2) is 29.8 Å². The number of carbonyl (C=O) groups is 1. The molecule has 0 aromatic heterocycles. The third-order valence-electron chi connectivity index (χ3n) is 8.52. The minimum absolute atomic E-state index is 0.0403. The first kappa shape index (κ1) is 15.1. The molecule has 5 aliphatic heterocycles. The van der Waals surface area contributed by atoms with Crippen molar-refractivity contribution >= 4 is 11.6 Å². The summed E-state index contributed by atoms with van der Waals surface area (Å²) >= 11 is 0. The molecule has 0 radical (unpaired) electrons. The van der Waals surface area contributed by atoms with Crippen molar-refractivity contribution in [1.82, 2.24) is 4.90 Å². The smallest absolute Gasteiger partial charge is 0.229 e. The molecule has 1 saturated carbocycles. The zero-order valence-electron chi connectivity index (χ0n) is 15.6. The molecule has 5 heteroatoms. The predicted molar refractivity (Wildman–Crippen MR) is 100.0 cm³/mol. The normalized spacial score (nSPS) is 43.3. The lowest BCUT2D eigenvalue weighted by Crippen LogP contribution is -2.69. The number of hydrogen-bond donors (Lipinski definition) is 0. The van der Waals surface area contributed by atoms with Crippen molar-refractivity contribution in [2.75, 3.05) is 31.7 Å². The molecule has 7 rings (SSSR count). The van der Waals surface area contributed by atoms with Crippen LogP contribution < -0.4 is 9.64 Å². The van der Waals surface area contributed by atoms with Gasteiger partial charge in [0.05, 0.1) is 32.3 Å². The van der Waals surface area contributed by atoms with Crippen LogP contribution in [0.1, 0.15) is 24.8 Å². The molecule has 1 aliphatic carbocycles. The Hall–Kier alpha value is -1.85. The Bertz CT molecular complexity index is 911. The van der Waals surface area contributed by atoms with E-state index in [2.05, 4.69) is 28.0 Å². The molecular formula is C22H24N2O3. The molecule has 1 spiro atoms. The maximum absolute atomic E-state index is 13.3. The lowest BCUT2D eigenvalue weighted by Gasteiger charge is -2.58. The first-order valence-corrected chi connectivity index (χ1v) is 10.3. The first-order chi connectivity index (χ1) is 13.2. The van der Waals surface area contributed by atoms with Gasteiger partial charge in [-0.25, -0.2) is 0 Å². The zero-order valence-corrected chi connectivity index (χ0v) is 15.6. The van der Waals surface area contributed by atoms with E-state index in [1.165, 1.54) is 12.0 Å². The van der Waals surface area contributed by atoms with Gasteiger partial charge in [-0.05, 0) is 49.1 Å². The van der Waals surface area contributed by atoms with Crippen LogP contribution in [0.2, 0.25) is 0 Å². The summed E-state index contributed by atoms with van der Waals surface area (Å²) in [5.74, 6) is 2.14. The molecule has 5 nitrogen and oxygen atoms in total. The Morgan fingerprint density at radius 2 is 2.26 bits per heavy atom. The average molecular weight is 364 g/mol. The summed E-state index contributed by atoms with van der Waals surface area (Å²) in [7, 11) is 1.73. The fraction of sp³-hybridized carbons (Fsp3) is 0.591. The molecule has 0 unspecified atom stereocenters. The van der Waals surface area contributed by atoms with Crippen molar-refractivity contribution in [1.29, 1.82) is 0 Å². The molecule has 1 amide bonds. The molecule has 140 valence electrons. The van der Waals surface area contributed by atoms with E-state index in [9.17, 15) is 4.79 Å². The topological polar surface area (TPSA) is 42.0 Å². The molecule has 2 bridgehead atoms. The van der Waals surface area contributed by atoms with Gasteiger partial charge in [0, 0.05) is 29.6 Å². The van der Waals surface area contributed by atoms with E-state index in [1.807, 2.05) is 6.07 Å². The number of nitrogens with zero attached hydrogens (tertiary/aromatic N) is 2. The van der Waals surface area contributed by atoms with Crippen LogP contribution in [0, 0.1) is 11.8 Å². The maximum atomic E-state index is 13.3. The second-order valence-corrected chi connectivity index (χ2v) is 9.14. The van der Waals surface area contributed by atoms with E-state index >= 15 is 0 Å². The summed E-state index contributed by atoms with van der Waals surface area (Å²) < 4.78 is 11.9. The Kier molecular flexibility index (Phi) is 2.66. The molecule has 27 heavy (non-hydrogen) atoms. The quantitative estimate of drug-likeness (QED) is 0.716. The monoisotopic (exact) mass is 364 g/mol. The number of rotatable bonds is 1. The van der Waals surface area contributed by atoms with Crippen LogP contribution in [0.5, 0.6) is 5.75 Å². The van der Waals surface area contributed by atoms with E-state index in [-0.39, 0.29) is 23.5 Å². The largest absolute Gasteiger partial charge is 0.497 e. The highest BCUT2D eigenvalue weighted by molar-refractivity contribution is 5.99. The molecule has 4 fully saturated rings. The summed E-state index contributed by atoms with van der Waals surface area (Å²) in [6.45, 7) is 2.88. The lowest BCUT2D eigenvalue weighted by molar-refractivity contribution is -0.132. The van der Waals surface area contributed by atoms with Gasteiger partial charge in [-0.2, -0.15) is 0 Å². The van der Waals surface area contributed by atoms with Crippen molar-refractivity contribution in [2.45, 2.75) is 42.9 Å². The fourth-order valence-electron chi connectivity index (χ4n) is 7.66. The molecule has 3 saturated heterocycles. The lowest BCUT2D eigenvalue weighted by atomic mass is 9.53. The SMILES string of the molecule is COc1ccc2c(c1)[C@]13CCN4CC5=CCO[C@H]6CC(=O)N2[C@H]1[C@H]6[C@H]5C[C@H]43. The summed E-state index contributed by atoms with van der Waals surface area (Å²) in [5, 5.41) is 0. The molecule has 6 aliphatic rings. The zero-order chi connectivity index (χ0) is 17.9. The number of piperidine rings is 2. The minimum Gasteiger partial charge on any atom is -0.497 e. The van der Waals surface area contributed by atoms with Gasteiger partial charge in [0.25, 0.3) is 0 Å². The predicted octanol–water partition coefficient (Wildman–Crippen LogP) is 2.10. The number of benzene rings is 1. The van der Waals surface area contributed by atoms with Crippen molar-refractivity contribution < 1.29 is 14.3 Å². The highest BCUT2D eigenvalue weighted by Gasteiger charge is 2.71. The van der Waals surface area contributed by atoms with Gasteiger partial charge in [0.1, 0.15) is 5.75 Å². The van der Waals surface area contributed by atoms with Gasteiger partial charge in [0.15, 0.2) is 0 Å². The maximum Gasteiger partial charge on any atom is 0.229 e. The van der Waals surface area contributed by atoms with Gasteiger partial charge in [-0.15, -0.1) is 0 Å². The highest BCUT2D eigenvalue weighted by Crippen LogP contribution is 2.65. The number of ether oxygens (including phenoxy) is 2. The van der Waals surface area contributed by atoms with Gasteiger partial charge in [-0.1, -0.05) is 11.6 Å². The van der Waals surface area contributed by atoms with Crippen LogP contribution in [0.4, 0.5) is 5.69 Å². The van der Waals surface area contributed by atoms with Crippen molar-refractivity contribution in [3.05, 3.63) is 35.4 Å². The van der Waals surface area contributed by atoms with E-state index in [1.54, 1.807) is 12.7 Å². The number of methoxy groups -OCH3 is 1. The van der Waals surface area contributed by atoms with Gasteiger partial charge >= 0.3 is 0 Å². The Morgan fingerprint density at radius 1 is 1.33 bits per heavy atom. The average Bonchev–Trinajstić information content (AvgIpc) is 3.15. The Morgan fingerprint density at radius 3 is 3.15 bits per heavy atom. The number of anilines is 1. The minimum atomic E-state index is 0.0403. The molecule has 6 atom stereocenters. The number of fused-ring (bicyclic) bond motifs is 2. The van der Waals surface area contributed by atoms with E-state index in [4.69, 9.17) is 9.47 Å². The summed E-state index contributed by atoms with van der Waals surface area (Å²) in [6, 6.07) is 7.13. The van der Waals surface area contributed by atoms with Gasteiger partial charge < -0.3 is 14.4 Å². The van der Waals surface area contributed by atoms with Crippen LogP contribution in [0.3, 0.4) is 0 Å². The Labute approximate surface area is 158 Å².